The molecule has 4 bridgehead atoms. The molecule has 2 aliphatic heterocycles. The molecule has 4 aliphatic carbocycles. The van der Waals surface area contributed by atoms with E-state index in [4.69, 9.17) is 0 Å². The number of aromatic hydroxyl groups is 2. The van der Waals surface area contributed by atoms with Gasteiger partial charge in [-0.05, 0) is 140 Å². The first-order valence-electron chi connectivity index (χ1n) is 27.3. The van der Waals surface area contributed by atoms with E-state index in [0.29, 0.717) is 86.8 Å². The molecule has 12 rings (SSSR count). The van der Waals surface area contributed by atoms with E-state index in [1.807, 2.05) is 43.4 Å². The lowest BCUT2D eigenvalue weighted by atomic mass is 9.49. The number of ketones is 2. The zero-order chi connectivity index (χ0) is 55.2. The number of H-pyrrole nitrogens is 3. The Morgan fingerprint density at radius 3 is 1.84 bits per heavy atom. The molecular weight excluding hydrogens is 1010 g/mol. The number of nitrogens with one attached hydrogen (secondary N) is 5. The van der Waals surface area contributed by atoms with Crippen LogP contribution in [0, 0.1) is 0 Å². The second kappa shape index (κ2) is 19.5. The summed E-state index contributed by atoms with van der Waals surface area (Å²) in [5.74, 6) is -1.42. The third-order valence-electron chi connectivity index (χ3n) is 19.0. The number of benzene rings is 4. The Morgan fingerprint density at radius 1 is 0.633 bits per heavy atom. The van der Waals surface area contributed by atoms with Gasteiger partial charge in [-0.1, -0.05) is 48.5 Å². The molecule has 4 fully saturated rings. The van der Waals surface area contributed by atoms with Gasteiger partial charge in [-0.3, -0.25) is 38.7 Å². The lowest BCUT2D eigenvalue weighted by Crippen LogP contribution is -2.73. The SMILES string of the molecule is CN1CCC23CC(=O)CCC2(O)C1Cc1ccc(C(=O)NCCc2ccc(-c4ccc(=O)[nH]c4)cc2CN2CCC45CC(=O)CCC4(O)C2Cc2ccc(C(=O)NCCc4ccc(-c6c[nH]c(=O)[nH]c6=O)cc4)c(O)c25)c(O)c13. The molecule has 18 nitrogen and oxygen atoms in total. The Kier molecular flexibility index (Phi) is 12.9. The third-order valence-corrected chi connectivity index (χ3v) is 19.0. The van der Waals surface area contributed by atoms with Crippen molar-refractivity contribution in [1.29, 1.82) is 0 Å². The van der Waals surface area contributed by atoms with E-state index in [1.165, 1.54) is 12.3 Å². The highest BCUT2D eigenvalue weighted by Crippen LogP contribution is 2.61. The van der Waals surface area contributed by atoms with Gasteiger partial charge in [-0.2, -0.15) is 0 Å². The van der Waals surface area contributed by atoms with Crippen LogP contribution < -0.4 is 27.4 Å². The number of aliphatic hydroxyl groups is 2. The second-order valence-corrected chi connectivity index (χ2v) is 22.9. The molecule has 2 saturated carbocycles. The summed E-state index contributed by atoms with van der Waals surface area (Å²) in [5.41, 5.74) is 1.72. The van der Waals surface area contributed by atoms with E-state index in [1.54, 1.807) is 36.5 Å². The van der Waals surface area contributed by atoms with Gasteiger partial charge >= 0.3 is 5.69 Å². The average Bonchev–Trinajstić information content (AvgIpc) is 2.08. The predicted molar refractivity (Wildman–Crippen MR) is 292 cm³/mol. The number of carbonyl (C=O) groups is 4. The molecule has 79 heavy (non-hydrogen) atoms. The number of hydrogen-bond donors (Lipinski definition) is 9. The number of likely N-dealkylation sites (tertiary alicyclic amines) is 2. The van der Waals surface area contributed by atoms with Crippen LogP contribution in [0.25, 0.3) is 22.3 Å². The molecular formula is C61H63N7O11. The molecule has 4 heterocycles. The first-order chi connectivity index (χ1) is 37.9. The van der Waals surface area contributed by atoms with Crippen molar-refractivity contribution in [3.63, 3.8) is 0 Å². The number of amides is 2. The standard InChI is InChI=1S/C61H63N7O11/c1-67-24-20-58-29-42(69)14-18-60(58,78)47(67)27-38-8-11-45(52(72)50(38)58)55(75)63-23-17-35-6-7-37(40-10-13-49(71)64-31-40)26-41(35)33-68-25-21-59-30-43(70)15-19-61(59,79)48(68)28-39-9-12-44(53(73)51(39)59)54(74)62-22-16-34-2-4-36(5-3-34)46-32-65-57(77)66-56(46)76/h2-13,26,31-32,47-48,72-73,78-79H,14-25,27-30,33H2,1H3,(H,62,74)(H,63,75)(H,64,71)(H2,65,66,76,77). The molecule has 6 unspecified atom stereocenters. The van der Waals surface area contributed by atoms with Crippen molar-refractivity contribution in [1.82, 2.24) is 35.4 Å². The van der Waals surface area contributed by atoms with Gasteiger partial charge in [0.2, 0.25) is 5.56 Å². The first kappa shape index (κ1) is 52.0. The number of Topliss-reactive ketones (excluding diaryl/α,β-unsaturated/α-hetero) is 2. The number of phenols is 2. The quantitative estimate of drug-likeness (QED) is 0.0841. The molecule has 2 amide bonds. The fraction of sp³-hybridized carbons (Fsp3) is 0.393. The number of rotatable bonds is 12. The predicted octanol–water partition coefficient (Wildman–Crippen LogP) is 3.98. The summed E-state index contributed by atoms with van der Waals surface area (Å²) in [5, 5.41) is 55.8. The zero-order valence-corrected chi connectivity index (χ0v) is 43.9. The molecule has 4 aromatic carbocycles. The molecule has 0 radical (unpaired) electrons. The fourth-order valence-corrected chi connectivity index (χ4v) is 15.0. The highest BCUT2D eigenvalue weighted by Gasteiger charge is 2.67. The minimum atomic E-state index is -1.46. The Balaban J connectivity index is 0.787. The van der Waals surface area contributed by atoms with Crippen LogP contribution in [-0.4, -0.2) is 125 Å². The molecule has 2 aromatic heterocycles. The van der Waals surface area contributed by atoms with Gasteiger partial charge in [0.05, 0.1) is 27.9 Å². The number of hydrogen-bond acceptors (Lipinski definition) is 13. The molecule has 0 spiro atoms. The number of piperidine rings is 2. The molecule has 6 aliphatic rings. The van der Waals surface area contributed by atoms with E-state index >= 15 is 0 Å². The van der Waals surface area contributed by atoms with Crippen molar-refractivity contribution in [3.05, 3.63) is 173 Å². The number of pyridine rings is 1. The second-order valence-electron chi connectivity index (χ2n) is 22.9. The maximum Gasteiger partial charge on any atom is 0.325 e. The number of fused-ring (bicyclic) bond motifs is 2. The lowest BCUT2D eigenvalue weighted by Gasteiger charge is -2.63. The number of nitrogens with zero attached hydrogens (tertiary/aromatic N) is 2. The van der Waals surface area contributed by atoms with Crippen molar-refractivity contribution in [2.24, 2.45) is 0 Å². The monoisotopic (exact) mass is 1070 g/mol. The van der Waals surface area contributed by atoms with Gasteiger partial charge in [-0.25, -0.2) is 4.79 Å². The fourth-order valence-electron chi connectivity index (χ4n) is 15.0. The summed E-state index contributed by atoms with van der Waals surface area (Å²) < 4.78 is 0. The Morgan fingerprint density at radius 2 is 1.22 bits per heavy atom. The van der Waals surface area contributed by atoms with Crippen LogP contribution in [0.4, 0.5) is 0 Å². The molecule has 408 valence electrons. The summed E-state index contributed by atoms with van der Waals surface area (Å²) in [6.45, 7) is 1.88. The molecule has 6 atom stereocenters. The van der Waals surface area contributed by atoms with Gasteiger partial charge in [-0.15, -0.1) is 0 Å². The molecule has 6 aromatic rings. The van der Waals surface area contributed by atoms with Gasteiger partial charge in [0.1, 0.15) is 23.1 Å². The smallest absolute Gasteiger partial charge is 0.325 e. The van der Waals surface area contributed by atoms with Gasteiger partial charge in [0.15, 0.2) is 0 Å². The largest absolute Gasteiger partial charge is 0.507 e. The van der Waals surface area contributed by atoms with Crippen molar-refractivity contribution in [2.45, 2.75) is 118 Å². The number of likely N-dealkylation sites (N-methyl/N-ethyl adjacent to an activating group) is 1. The van der Waals surface area contributed by atoms with E-state index in [0.717, 1.165) is 38.9 Å². The molecule has 18 heteroatoms. The summed E-state index contributed by atoms with van der Waals surface area (Å²) in [4.78, 5) is 102. The number of aromatic nitrogens is 3. The Labute approximate surface area is 453 Å². The van der Waals surface area contributed by atoms with Crippen LogP contribution in [0.3, 0.4) is 0 Å². The molecule has 9 N–H and O–H groups in total. The van der Waals surface area contributed by atoms with E-state index < -0.39 is 51.1 Å². The summed E-state index contributed by atoms with van der Waals surface area (Å²) >= 11 is 0. The topological polar surface area (TPSA) is 278 Å². The van der Waals surface area contributed by atoms with Crippen molar-refractivity contribution in [3.8, 4) is 33.8 Å². The van der Waals surface area contributed by atoms with Crippen molar-refractivity contribution >= 4 is 23.4 Å². The van der Waals surface area contributed by atoms with Crippen molar-refractivity contribution in [2.75, 3.05) is 33.2 Å². The summed E-state index contributed by atoms with van der Waals surface area (Å²) in [6.07, 6.45) is 6.45. The normalized spacial score (nSPS) is 26.1. The maximum absolute atomic E-state index is 14.1. The van der Waals surface area contributed by atoms with Crippen molar-refractivity contribution < 1.29 is 39.6 Å². The molecule has 2 saturated heterocycles. The highest BCUT2D eigenvalue weighted by molar-refractivity contribution is 5.99. The van der Waals surface area contributed by atoms with E-state index in [-0.39, 0.29) is 91.0 Å². The van der Waals surface area contributed by atoms with Crippen LogP contribution >= 0.6 is 0 Å². The van der Waals surface area contributed by atoms with Gasteiger partial charge < -0.3 is 45.9 Å². The Bertz CT molecular complexity index is 3680. The summed E-state index contributed by atoms with van der Waals surface area (Å²) in [7, 11) is 1.99. The van der Waals surface area contributed by atoms with Crippen LogP contribution in [0.2, 0.25) is 0 Å². The maximum atomic E-state index is 14.1. The summed E-state index contributed by atoms with van der Waals surface area (Å²) in [6, 6.07) is 22.6. The highest BCUT2D eigenvalue weighted by atomic mass is 16.3. The minimum Gasteiger partial charge on any atom is -0.507 e. The number of aromatic amines is 3. The van der Waals surface area contributed by atoms with Crippen LogP contribution in [-0.2, 0) is 52.6 Å². The first-order valence-corrected chi connectivity index (χ1v) is 27.3. The number of phenolic OH excluding ortho intramolecular Hbond substituents is 2. The average molecular weight is 1070 g/mol. The zero-order valence-electron chi connectivity index (χ0n) is 43.9. The van der Waals surface area contributed by atoms with Crippen LogP contribution in [0.15, 0.2) is 106 Å². The van der Waals surface area contributed by atoms with E-state index in [2.05, 4.69) is 41.5 Å². The van der Waals surface area contributed by atoms with E-state index in [9.17, 15) is 54.0 Å². The van der Waals surface area contributed by atoms with Crippen LogP contribution in [0.1, 0.15) is 111 Å². The number of carbonyl (C=O) groups excluding carboxylic acids is 4. The lowest BCUT2D eigenvalue weighted by molar-refractivity contribution is -0.174. The van der Waals surface area contributed by atoms with Crippen LogP contribution in [0.5, 0.6) is 11.5 Å². The van der Waals surface area contributed by atoms with Gasteiger partial charge in [0, 0.05) is 97.8 Å². The third kappa shape index (κ3) is 8.49. The minimum absolute atomic E-state index is 0.00462. The van der Waals surface area contributed by atoms with Gasteiger partial charge in [0.25, 0.3) is 17.4 Å². The Hall–Kier alpha value is -7.77.